The highest BCUT2D eigenvalue weighted by atomic mass is 16.5. The van der Waals surface area contributed by atoms with Crippen LogP contribution in [0.4, 0.5) is 0 Å². The molecule has 1 aliphatic heterocycles. The molecule has 4 rings (SSSR count). The second-order valence-electron chi connectivity index (χ2n) is 6.78. The third-order valence-corrected chi connectivity index (χ3v) is 5.06. The Morgan fingerprint density at radius 3 is 3.00 bits per heavy atom. The van der Waals surface area contributed by atoms with Crippen molar-refractivity contribution in [3.05, 3.63) is 59.4 Å². The van der Waals surface area contributed by atoms with E-state index in [0.29, 0.717) is 30.1 Å². The van der Waals surface area contributed by atoms with Crippen molar-refractivity contribution in [1.29, 1.82) is 0 Å². The summed E-state index contributed by atoms with van der Waals surface area (Å²) in [5.41, 5.74) is 3.60. The van der Waals surface area contributed by atoms with E-state index >= 15 is 0 Å². The number of allylic oxidation sites excluding steroid dienone is 1. The van der Waals surface area contributed by atoms with Gasteiger partial charge >= 0.3 is 0 Å². The molecule has 1 saturated heterocycles. The minimum atomic E-state index is 0.414. The minimum absolute atomic E-state index is 0.414. The number of pyridine rings is 1. The number of rotatable bonds is 3. The van der Waals surface area contributed by atoms with Crippen LogP contribution >= 0.6 is 0 Å². The molecule has 1 aromatic carbocycles. The zero-order valence-corrected chi connectivity index (χ0v) is 13.9. The number of aromatic nitrogens is 1. The molecule has 1 aromatic heterocycles. The van der Waals surface area contributed by atoms with Gasteiger partial charge in [0.2, 0.25) is 5.88 Å². The van der Waals surface area contributed by atoms with Gasteiger partial charge in [0, 0.05) is 49.0 Å². The Hall–Kier alpha value is -2.49. The molecule has 24 heavy (non-hydrogen) atoms. The van der Waals surface area contributed by atoms with E-state index in [-0.39, 0.29) is 0 Å². The van der Waals surface area contributed by atoms with Gasteiger partial charge < -0.3 is 14.7 Å². The van der Waals surface area contributed by atoms with Gasteiger partial charge in [0.15, 0.2) is 0 Å². The highest BCUT2D eigenvalue weighted by Crippen LogP contribution is 2.40. The number of phenols is 1. The summed E-state index contributed by atoms with van der Waals surface area (Å²) < 4.78 is 5.86. The average Bonchev–Trinajstić information content (AvgIpc) is 2.60. The number of likely N-dealkylation sites (tertiary alicyclic amines) is 1. The van der Waals surface area contributed by atoms with Crippen molar-refractivity contribution in [3.8, 4) is 11.6 Å². The van der Waals surface area contributed by atoms with Gasteiger partial charge in [-0.3, -0.25) is 0 Å². The lowest BCUT2D eigenvalue weighted by Gasteiger charge is -2.41. The number of phenolic OH excluding ortho intramolecular Hbond substituents is 1. The monoisotopic (exact) mass is 322 g/mol. The van der Waals surface area contributed by atoms with Crippen molar-refractivity contribution in [2.24, 2.45) is 11.8 Å². The van der Waals surface area contributed by atoms with Crippen molar-refractivity contribution < 1.29 is 9.84 Å². The molecule has 0 amide bonds. The van der Waals surface area contributed by atoms with Gasteiger partial charge in [0.25, 0.3) is 0 Å². The first-order valence-electron chi connectivity index (χ1n) is 8.48. The maximum absolute atomic E-state index is 10.2. The fraction of sp³-hybridized carbons (Fsp3) is 0.350. The Morgan fingerprint density at radius 1 is 1.25 bits per heavy atom. The summed E-state index contributed by atoms with van der Waals surface area (Å²) in [6, 6.07) is 11.5. The third-order valence-electron chi connectivity index (χ3n) is 5.06. The Balaban J connectivity index is 1.49. The van der Waals surface area contributed by atoms with E-state index in [1.54, 1.807) is 12.3 Å². The largest absolute Gasteiger partial charge is 0.508 e. The first kappa shape index (κ1) is 15.1. The molecule has 1 aliphatic carbocycles. The Bertz CT molecular complexity index is 757. The standard InChI is InChI=1S/C20H22N2O2/c1-22-12-14(13-24-20-7-2-3-8-21-20)9-16-10-17-15(11-18(16)22)5-4-6-19(17)23/h2-8,11,14,16,23H,9-10,12-13H2,1H3. The Kier molecular flexibility index (Phi) is 3.89. The molecule has 0 radical (unpaired) electrons. The lowest BCUT2D eigenvalue weighted by atomic mass is 9.78. The molecule has 4 heteroatoms. The molecule has 1 fully saturated rings. The van der Waals surface area contributed by atoms with E-state index in [1.165, 1.54) is 5.70 Å². The lowest BCUT2D eigenvalue weighted by molar-refractivity contribution is 0.144. The molecule has 4 nitrogen and oxygen atoms in total. The van der Waals surface area contributed by atoms with Crippen molar-refractivity contribution >= 4 is 6.08 Å². The van der Waals surface area contributed by atoms with Crippen LogP contribution in [-0.2, 0) is 6.42 Å². The van der Waals surface area contributed by atoms with E-state index in [4.69, 9.17) is 4.74 Å². The van der Waals surface area contributed by atoms with E-state index in [2.05, 4.69) is 29.1 Å². The molecule has 124 valence electrons. The lowest BCUT2D eigenvalue weighted by Crippen LogP contribution is -2.40. The molecule has 0 spiro atoms. The Morgan fingerprint density at radius 2 is 2.17 bits per heavy atom. The van der Waals surface area contributed by atoms with Crippen LogP contribution in [0, 0.1) is 11.8 Å². The fourth-order valence-corrected chi connectivity index (χ4v) is 3.93. The van der Waals surface area contributed by atoms with Crippen LogP contribution < -0.4 is 4.74 Å². The van der Waals surface area contributed by atoms with Crippen LogP contribution in [0.5, 0.6) is 11.6 Å². The first-order chi connectivity index (χ1) is 11.7. The predicted octanol–water partition coefficient (Wildman–Crippen LogP) is 3.33. The van der Waals surface area contributed by atoms with Gasteiger partial charge in [0.05, 0.1) is 6.61 Å². The molecule has 2 aromatic rings. The van der Waals surface area contributed by atoms with Gasteiger partial charge in [-0.1, -0.05) is 18.2 Å². The molecule has 2 atom stereocenters. The number of piperidine rings is 1. The maximum atomic E-state index is 10.2. The quantitative estimate of drug-likeness (QED) is 0.941. The molecule has 0 saturated carbocycles. The highest BCUT2D eigenvalue weighted by Gasteiger charge is 2.33. The SMILES string of the molecule is CN1CC(COc2ccccn2)CC2Cc3c(O)cccc3C=C21. The zero-order chi connectivity index (χ0) is 16.5. The zero-order valence-electron chi connectivity index (χ0n) is 13.9. The maximum Gasteiger partial charge on any atom is 0.213 e. The van der Waals surface area contributed by atoms with Crippen molar-refractivity contribution in [2.75, 3.05) is 20.2 Å². The summed E-state index contributed by atoms with van der Waals surface area (Å²) in [6.07, 6.45) is 5.97. The second kappa shape index (κ2) is 6.19. The number of fused-ring (bicyclic) bond motifs is 2. The molecule has 2 aliphatic rings. The first-order valence-corrected chi connectivity index (χ1v) is 8.48. The number of benzene rings is 1. The summed E-state index contributed by atoms with van der Waals surface area (Å²) in [4.78, 5) is 6.57. The molecular formula is C20H22N2O2. The van der Waals surface area contributed by atoms with Crippen LogP contribution in [0.1, 0.15) is 17.5 Å². The van der Waals surface area contributed by atoms with Crippen LogP contribution in [0.15, 0.2) is 48.3 Å². The summed E-state index contributed by atoms with van der Waals surface area (Å²) in [5.74, 6) is 2.01. The van der Waals surface area contributed by atoms with Crippen LogP contribution in [0.25, 0.3) is 6.08 Å². The van der Waals surface area contributed by atoms with Crippen molar-refractivity contribution in [1.82, 2.24) is 9.88 Å². The van der Waals surface area contributed by atoms with E-state index in [1.807, 2.05) is 24.3 Å². The number of hydrogen-bond donors (Lipinski definition) is 1. The normalized spacial score (nSPS) is 22.4. The van der Waals surface area contributed by atoms with Gasteiger partial charge in [-0.05, 0) is 36.6 Å². The molecule has 1 N–H and O–H groups in total. The number of hydrogen-bond acceptors (Lipinski definition) is 4. The van der Waals surface area contributed by atoms with Gasteiger partial charge in [-0.25, -0.2) is 4.98 Å². The summed E-state index contributed by atoms with van der Waals surface area (Å²) >= 11 is 0. The second-order valence-corrected chi connectivity index (χ2v) is 6.78. The van der Waals surface area contributed by atoms with Gasteiger partial charge in [-0.2, -0.15) is 0 Å². The van der Waals surface area contributed by atoms with Crippen LogP contribution in [-0.4, -0.2) is 35.2 Å². The average molecular weight is 322 g/mol. The topological polar surface area (TPSA) is 45.6 Å². The third kappa shape index (κ3) is 2.84. The summed E-state index contributed by atoms with van der Waals surface area (Å²) in [7, 11) is 2.15. The van der Waals surface area contributed by atoms with Crippen LogP contribution in [0.3, 0.4) is 0 Å². The molecule has 0 bridgehead atoms. The molecular weight excluding hydrogens is 300 g/mol. The summed E-state index contributed by atoms with van der Waals surface area (Å²) in [6.45, 7) is 1.67. The Labute approximate surface area is 142 Å². The van der Waals surface area contributed by atoms with Gasteiger partial charge in [0.1, 0.15) is 5.75 Å². The fourth-order valence-electron chi connectivity index (χ4n) is 3.93. The predicted molar refractivity (Wildman–Crippen MR) is 93.7 cm³/mol. The molecule has 2 unspecified atom stereocenters. The van der Waals surface area contributed by atoms with Crippen molar-refractivity contribution in [3.63, 3.8) is 0 Å². The summed E-state index contributed by atoms with van der Waals surface area (Å²) in [5, 5.41) is 10.2. The number of aromatic hydroxyl groups is 1. The van der Waals surface area contributed by atoms with E-state index in [0.717, 1.165) is 30.5 Å². The van der Waals surface area contributed by atoms with Crippen LogP contribution in [0.2, 0.25) is 0 Å². The number of ether oxygens (including phenoxy) is 1. The van der Waals surface area contributed by atoms with Gasteiger partial charge in [-0.15, -0.1) is 0 Å². The smallest absolute Gasteiger partial charge is 0.213 e. The number of nitrogens with zero attached hydrogens (tertiary/aromatic N) is 2. The molecule has 2 heterocycles. The minimum Gasteiger partial charge on any atom is -0.508 e. The van der Waals surface area contributed by atoms with E-state index < -0.39 is 0 Å². The van der Waals surface area contributed by atoms with Crippen molar-refractivity contribution in [2.45, 2.75) is 12.8 Å². The van der Waals surface area contributed by atoms with E-state index in [9.17, 15) is 5.11 Å². The highest BCUT2D eigenvalue weighted by molar-refractivity contribution is 5.63.